The minimum Gasteiger partial charge on any atom is -0.468 e. The number of aromatic nitrogens is 2. The van der Waals surface area contributed by atoms with Crippen LogP contribution in [0.3, 0.4) is 0 Å². The number of imidazole rings is 1. The number of carbonyl (C=O) groups is 1. The summed E-state index contributed by atoms with van der Waals surface area (Å²) < 4.78 is 4.63. The lowest BCUT2D eigenvalue weighted by Crippen LogP contribution is -2.28. The fourth-order valence-corrected chi connectivity index (χ4v) is 1.82. The highest BCUT2D eigenvalue weighted by Gasteiger charge is 2.06. The first-order valence-electron chi connectivity index (χ1n) is 5.86. The second kappa shape index (κ2) is 5.64. The lowest BCUT2D eigenvalue weighted by molar-refractivity contribution is -0.141. The van der Waals surface area contributed by atoms with Crippen molar-refractivity contribution < 1.29 is 9.53 Å². The number of ether oxygens (including phenoxy) is 1. The maximum absolute atomic E-state index is 11.1. The number of aromatic amines is 1. The molecule has 0 unspecified atom stereocenters. The SMILES string of the molecule is COC(=O)CN(C)CCc1ccc2nc[nH]c2c1. The summed E-state index contributed by atoms with van der Waals surface area (Å²) >= 11 is 0. The standard InChI is InChI=1S/C13H17N3O2/c1-16(8-13(17)18-2)6-5-10-3-4-11-12(7-10)15-9-14-11/h3-4,7,9H,5-6,8H2,1-2H3,(H,14,15). The van der Waals surface area contributed by atoms with Gasteiger partial charge in [0.15, 0.2) is 0 Å². The predicted molar refractivity (Wildman–Crippen MR) is 69.3 cm³/mol. The first kappa shape index (κ1) is 12.6. The third kappa shape index (κ3) is 3.07. The summed E-state index contributed by atoms with van der Waals surface area (Å²) in [4.78, 5) is 20.3. The quantitative estimate of drug-likeness (QED) is 0.807. The van der Waals surface area contributed by atoms with Crippen molar-refractivity contribution in [3.8, 4) is 0 Å². The summed E-state index contributed by atoms with van der Waals surface area (Å²) in [5.41, 5.74) is 3.24. The molecule has 0 saturated heterocycles. The van der Waals surface area contributed by atoms with Crippen LogP contribution in [-0.4, -0.2) is 48.1 Å². The van der Waals surface area contributed by atoms with Crippen LogP contribution in [0.2, 0.25) is 0 Å². The van der Waals surface area contributed by atoms with Gasteiger partial charge in [0, 0.05) is 6.54 Å². The highest BCUT2D eigenvalue weighted by atomic mass is 16.5. The Balaban J connectivity index is 1.91. The molecule has 1 heterocycles. The van der Waals surface area contributed by atoms with Gasteiger partial charge in [-0.1, -0.05) is 6.07 Å². The number of fused-ring (bicyclic) bond motifs is 1. The lowest BCUT2D eigenvalue weighted by atomic mass is 10.1. The predicted octanol–water partition coefficient (Wildman–Crippen LogP) is 1.21. The van der Waals surface area contributed by atoms with Crippen LogP contribution in [0.25, 0.3) is 11.0 Å². The third-order valence-electron chi connectivity index (χ3n) is 2.89. The van der Waals surface area contributed by atoms with Gasteiger partial charge in [-0.25, -0.2) is 4.98 Å². The van der Waals surface area contributed by atoms with Gasteiger partial charge in [-0.3, -0.25) is 9.69 Å². The van der Waals surface area contributed by atoms with E-state index in [4.69, 9.17) is 0 Å². The van der Waals surface area contributed by atoms with Crippen LogP contribution in [0.15, 0.2) is 24.5 Å². The number of carbonyl (C=O) groups excluding carboxylic acids is 1. The molecule has 18 heavy (non-hydrogen) atoms. The highest BCUT2D eigenvalue weighted by molar-refractivity contribution is 5.75. The Morgan fingerprint density at radius 1 is 1.50 bits per heavy atom. The molecule has 0 fully saturated rings. The number of hydrogen-bond donors (Lipinski definition) is 1. The molecular weight excluding hydrogens is 230 g/mol. The zero-order valence-electron chi connectivity index (χ0n) is 10.6. The zero-order chi connectivity index (χ0) is 13.0. The van der Waals surface area contributed by atoms with Crippen LogP contribution in [0.5, 0.6) is 0 Å². The molecule has 1 aromatic heterocycles. The van der Waals surface area contributed by atoms with E-state index in [1.54, 1.807) is 6.33 Å². The van der Waals surface area contributed by atoms with Gasteiger partial charge in [0.1, 0.15) is 0 Å². The Labute approximate surface area is 106 Å². The Morgan fingerprint density at radius 3 is 3.11 bits per heavy atom. The van der Waals surface area contributed by atoms with Gasteiger partial charge < -0.3 is 9.72 Å². The molecule has 96 valence electrons. The summed E-state index contributed by atoms with van der Waals surface area (Å²) in [6.07, 6.45) is 2.58. The Hall–Kier alpha value is -1.88. The van der Waals surface area contributed by atoms with E-state index in [-0.39, 0.29) is 5.97 Å². The van der Waals surface area contributed by atoms with E-state index in [0.29, 0.717) is 6.54 Å². The molecule has 0 saturated carbocycles. The number of H-pyrrole nitrogens is 1. The number of methoxy groups -OCH3 is 1. The van der Waals surface area contributed by atoms with E-state index in [1.807, 2.05) is 18.0 Å². The Kier molecular flexibility index (Phi) is 3.94. The molecule has 0 aliphatic carbocycles. The van der Waals surface area contributed by atoms with Crippen LogP contribution in [-0.2, 0) is 16.0 Å². The maximum atomic E-state index is 11.1. The van der Waals surface area contributed by atoms with Crippen LogP contribution >= 0.6 is 0 Å². The van der Waals surface area contributed by atoms with Crippen molar-refractivity contribution >= 4 is 17.0 Å². The third-order valence-corrected chi connectivity index (χ3v) is 2.89. The van der Waals surface area contributed by atoms with Gasteiger partial charge in [0.05, 0.1) is 31.0 Å². The van der Waals surface area contributed by atoms with Crippen molar-refractivity contribution in [3.05, 3.63) is 30.1 Å². The normalized spacial score (nSPS) is 11.1. The van der Waals surface area contributed by atoms with Crippen molar-refractivity contribution in [3.63, 3.8) is 0 Å². The van der Waals surface area contributed by atoms with Crippen LogP contribution in [0.4, 0.5) is 0 Å². The molecule has 0 aliphatic heterocycles. The van der Waals surface area contributed by atoms with Crippen molar-refractivity contribution in [2.75, 3.05) is 27.2 Å². The van der Waals surface area contributed by atoms with E-state index in [0.717, 1.165) is 24.0 Å². The molecule has 0 amide bonds. The number of hydrogen-bond acceptors (Lipinski definition) is 4. The fraction of sp³-hybridized carbons (Fsp3) is 0.385. The van der Waals surface area contributed by atoms with Gasteiger partial charge in [-0.15, -0.1) is 0 Å². The van der Waals surface area contributed by atoms with Gasteiger partial charge in [0.2, 0.25) is 0 Å². The van der Waals surface area contributed by atoms with E-state index >= 15 is 0 Å². The first-order valence-corrected chi connectivity index (χ1v) is 5.86. The van der Waals surface area contributed by atoms with E-state index in [2.05, 4.69) is 26.8 Å². The summed E-state index contributed by atoms with van der Waals surface area (Å²) in [7, 11) is 3.31. The molecule has 2 rings (SSSR count). The lowest BCUT2D eigenvalue weighted by Gasteiger charge is -2.14. The summed E-state index contributed by atoms with van der Waals surface area (Å²) in [5, 5.41) is 0. The second-order valence-electron chi connectivity index (χ2n) is 4.32. The van der Waals surface area contributed by atoms with Crippen molar-refractivity contribution in [2.45, 2.75) is 6.42 Å². The van der Waals surface area contributed by atoms with E-state index in [9.17, 15) is 4.79 Å². The first-order chi connectivity index (χ1) is 8.69. The Morgan fingerprint density at radius 2 is 2.33 bits per heavy atom. The van der Waals surface area contributed by atoms with Crippen molar-refractivity contribution in [1.29, 1.82) is 0 Å². The number of nitrogens with zero attached hydrogens (tertiary/aromatic N) is 2. The molecule has 1 aromatic carbocycles. The van der Waals surface area contributed by atoms with E-state index < -0.39 is 0 Å². The van der Waals surface area contributed by atoms with Gasteiger partial charge in [0.25, 0.3) is 0 Å². The smallest absolute Gasteiger partial charge is 0.319 e. The fourth-order valence-electron chi connectivity index (χ4n) is 1.82. The minimum absolute atomic E-state index is 0.207. The van der Waals surface area contributed by atoms with Gasteiger partial charge in [-0.05, 0) is 31.2 Å². The van der Waals surface area contributed by atoms with Crippen molar-refractivity contribution in [2.24, 2.45) is 0 Å². The monoisotopic (exact) mass is 247 g/mol. The molecule has 0 aliphatic rings. The van der Waals surface area contributed by atoms with Crippen LogP contribution in [0.1, 0.15) is 5.56 Å². The van der Waals surface area contributed by atoms with Gasteiger partial charge >= 0.3 is 5.97 Å². The zero-order valence-corrected chi connectivity index (χ0v) is 10.6. The summed E-state index contributed by atoms with van der Waals surface area (Å²) in [6, 6.07) is 6.16. The molecule has 2 aromatic rings. The van der Waals surface area contributed by atoms with Gasteiger partial charge in [-0.2, -0.15) is 0 Å². The number of likely N-dealkylation sites (N-methyl/N-ethyl adjacent to an activating group) is 1. The highest BCUT2D eigenvalue weighted by Crippen LogP contribution is 2.12. The number of esters is 1. The van der Waals surface area contributed by atoms with E-state index in [1.165, 1.54) is 12.7 Å². The van der Waals surface area contributed by atoms with Crippen molar-refractivity contribution in [1.82, 2.24) is 14.9 Å². The summed E-state index contributed by atoms with van der Waals surface area (Å²) in [5.74, 6) is -0.207. The topological polar surface area (TPSA) is 58.2 Å². The Bertz CT molecular complexity index is 536. The number of nitrogens with one attached hydrogen (secondary N) is 1. The maximum Gasteiger partial charge on any atom is 0.319 e. The second-order valence-corrected chi connectivity index (χ2v) is 4.32. The molecule has 0 radical (unpaired) electrons. The molecule has 0 bridgehead atoms. The number of rotatable bonds is 5. The van der Waals surface area contributed by atoms with Crippen LogP contribution < -0.4 is 0 Å². The molecule has 0 atom stereocenters. The molecule has 5 heteroatoms. The molecule has 1 N–H and O–H groups in total. The average molecular weight is 247 g/mol. The average Bonchev–Trinajstić information content (AvgIpc) is 2.83. The molecule has 5 nitrogen and oxygen atoms in total. The largest absolute Gasteiger partial charge is 0.468 e. The summed E-state index contributed by atoms with van der Waals surface area (Å²) in [6.45, 7) is 1.14. The molecule has 0 spiro atoms. The number of benzene rings is 1. The van der Waals surface area contributed by atoms with Crippen LogP contribution in [0, 0.1) is 0 Å². The minimum atomic E-state index is -0.207. The molecular formula is C13H17N3O2.